The smallest absolute Gasteiger partial charge is 0.191 e. The van der Waals surface area contributed by atoms with Crippen molar-refractivity contribution in [1.29, 1.82) is 0 Å². The molecule has 0 N–H and O–H groups in total. The van der Waals surface area contributed by atoms with Gasteiger partial charge in [0.1, 0.15) is 5.78 Å². The molecule has 0 aromatic carbocycles. The van der Waals surface area contributed by atoms with Gasteiger partial charge in [-0.15, -0.1) is 0 Å². The summed E-state index contributed by atoms with van der Waals surface area (Å²) in [5.74, 6) is 1.78. The summed E-state index contributed by atoms with van der Waals surface area (Å²) in [4.78, 5) is 12.3. The quantitative estimate of drug-likeness (QED) is 0.714. The molecule has 2 fully saturated rings. The van der Waals surface area contributed by atoms with Gasteiger partial charge in [0, 0.05) is 18.4 Å². The maximum absolute atomic E-state index is 12.3. The molecule has 0 aromatic heterocycles. The Morgan fingerprint density at radius 2 is 2.00 bits per heavy atom. The van der Waals surface area contributed by atoms with Crippen LogP contribution < -0.4 is 0 Å². The Labute approximate surface area is 119 Å². The molecule has 0 saturated heterocycles. The fourth-order valence-corrected chi connectivity index (χ4v) is 4.67. The molecule has 0 radical (unpaired) electrons. The molecule has 3 heteroatoms. The number of rotatable bonds is 4. The number of carbonyl (C=O) groups excluding carboxylic acids is 1. The van der Waals surface area contributed by atoms with Crippen molar-refractivity contribution in [2.24, 2.45) is 17.3 Å². The number of carbonyl (C=O) groups is 1. The molecular formula is C16H30O2Si. The zero-order valence-corrected chi connectivity index (χ0v) is 14.5. The average molecular weight is 282 g/mol. The Balaban J connectivity index is 1.92. The minimum absolute atomic E-state index is 0.0157. The zero-order chi connectivity index (χ0) is 14.5. The number of Topliss-reactive ketones (excluding diaryl/α,β-unsaturated/α-hetero) is 1. The van der Waals surface area contributed by atoms with E-state index in [1.165, 1.54) is 6.42 Å². The molecule has 19 heavy (non-hydrogen) atoms. The highest BCUT2D eigenvalue weighted by Crippen LogP contribution is 2.59. The summed E-state index contributed by atoms with van der Waals surface area (Å²) in [7, 11) is -1.66. The fraction of sp³-hybridized carbons (Fsp3) is 0.938. The SMILES string of the molecule is C[C@H]1CC(=O)[C@]2(CCO[Si](C)(C)C(C)(C)C)CCC12. The molecular weight excluding hydrogens is 252 g/mol. The summed E-state index contributed by atoms with van der Waals surface area (Å²) in [6.45, 7) is 14.4. The first-order chi connectivity index (χ1) is 8.60. The van der Waals surface area contributed by atoms with Crippen LogP contribution in [0.1, 0.15) is 53.4 Å². The maximum Gasteiger partial charge on any atom is 0.191 e. The fourth-order valence-electron chi connectivity index (χ4n) is 3.63. The van der Waals surface area contributed by atoms with E-state index in [9.17, 15) is 4.79 Å². The van der Waals surface area contributed by atoms with Crippen LogP contribution in [0, 0.1) is 17.3 Å². The third-order valence-corrected chi connectivity index (χ3v) is 10.7. The van der Waals surface area contributed by atoms with Gasteiger partial charge < -0.3 is 4.43 Å². The summed E-state index contributed by atoms with van der Waals surface area (Å²) in [5, 5.41) is 0.261. The molecule has 0 heterocycles. The van der Waals surface area contributed by atoms with E-state index in [0.29, 0.717) is 17.6 Å². The van der Waals surface area contributed by atoms with Crippen LogP contribution in [-0.4, -0.2) is 20.7 Å². The second kappa shape index (κ2) is 4.69. The Morgan fingerprint density at radius 1 is 1.37 bits per heavy atom. The molecule has 2 aliphatic rings. The molecule has 2 rings (SSSR count). The predicted molar refractivity (Wildman–Crippen MR) is 81.7 cm³/mol. The molecule has 3 atom stereocenters. The van der Waals surface area contributed by atoms with E-state index >= 15 is 0 Å². The lowest BCUT2D eigenvalue weighted by Crippen LogP contribution is -2.46. The topological polar surface area (TPSA) is 26.3 Å². The maximum atomic E-state index is 12.3. The number of hydrogen-bond acceptors (Lipinski definition) is 2. The van der Waals surface area contributed by atoms with Crippen LogP contribution in [0.3, 0.4) is 0 Å². The first-order valence-corrected chi connectivity index (χ1v) is 10.7. The molecule has 110 valence electrons. The molecule has 2 saturated carbocycles. The van der Waals surface area contributed by atoms with Crippen LogP contribution in [0.15, 0.2) is 0 Å². The van der Waals surface area contributed by atoms with Gasteiger partial charge in [-0.2, -0.15) is 0 Å². The zero-order valence-electron chi connectivity index (χ0n) is 13.5. The Kier molecular flexibility index (Phi) is 3.77. The van der Waals surface area contributed by atoms with Crippen molar-refractivity contribution in [2.75, 3.05) is 6.61 Å². The van der Waals surface area contributed by atoms with Gasteiger partial charge >= 0.3 is 0 Å². The Morgan fingerprint density at radius 3 is 2.42 bits per heavy atom. The van der Waals surface area contributed by atoms with Gasteiger partial charge in [-0.25, -0.2) is 0 Å². The van der Waals surface area contributed by atoms with Gasteiger partial charge in [0.05, 0.1) is 0 Å². The van der Waals surface area contributed by atoms with Crippen LogP contribution in [0.4, 0.5) is 0 Å². The molecule has 2 nitrogen and oxygen atoms in total. The molecule has 0 amide bonds. The van der Waals surface area contributed by atoms with Crippen LogP contribution >= 0.6 is 0 Å². The van der Waals surface area contributed by atoms with Gasteiger partial charge in [0.15, 0.2) is 8.32 Å². The van der Waals surface area contributed by atoms with Crippen molar-refractivity contribution in [3.05, 3.63) is 0 Å². The second-order valence-electron chi connectivity index (χ2n) is 8.26. The lowest BCUT2D eigenvalue weighted by molar-refractivity contribution is -0.133. The monoisotopic (exact) mass is 282 g/mol. The Bertz CT molecular complexity index is 369. The summed E-state index contributed by atoms with van der Waals surface area (Å²) in [6.07, 6.45) is 4.15. The van der Waals surface area contributed by atoms with Crippen molar-refractivity contribution in [2.45, 2.75) is 71.5 Å². The summed E-state index contributed by atoms with van der Waals surface area (Å²) in [5.41, 5.74) is 0.0157. The van der Waals surface area contributed by atoms with Crippen LogP contribution in [0.5, 0.6) is 0 Å². The Hall–Kier alpha value is -0.153. The van der Waals surface area contributed by atoms with Gasteiger partial charge in [0.25, 0.3) is 0 Å². The van der Waals surface area contributed by atoms with Crippen molar-refractivity contribution < 1.29 is 9.22 Å². The molecule has 0 aliphatic heterocycles. The second-order valence-corrected chi connectivity index (χ2v) is 13.1. The normalized spacial score (nSPS) is 35.2. The van der Waals surface area contributed by atoms with Gasteiger partial charge in [-0.3, -0.25) is 4.79 Å². The number of hydrogen-bond donors (Lipinski definition) is 0. The van der Waals surface area contributed by atoms with Crippen molar-refractivity contribution in [3.8, 4) is 0 Å². The van der Waals surface area contributed by atoms with E-state index in [0.717, 1.165) is 25.9 Å². The molecule has 0 aromatic rings. The largest absolute Gasteiger partial charge is 0.417 e. The predicted octanol–water partition coefficient (Wildman–Crippen LogP) is 4.40. The molecule has 1 unspecified atom stereocenters. The number of ketones is 1. The van der Waals surface area contributed by atoms with Crippen molar-refractivity contribution in [1.82, 2.24) is 0 Å². The minimum Gasteiger partial charge on any atom is -0.417 e. The lowest BCUT2D eigenvalue weighted by Gasteiger charge is -2.46. The van der Waals surface area contributed by atoms with E-state index in [2.05, 4.69) is 40.8 Å². The van der Waals surface area contributed by atoms with Crippen molar-refractivity contribution >= 4 is 14.1 Å². The first kappa shape index (κ1) is 15.2. The van der Waals surface area contributed by atoms with E-state index in [1.54, 1.807) is 0 Å². The first-order valence-electron chi connectivity index (χ1n) is 7.77. The summed E-state index contributed by atoms with van der Waals surface area (Å²) < 4.78 is 6.27. The lowest BCUT2D eigenvalue weighted by atomic mass is 9.58. The minimum atomic E-state index is -1.66. The molecule has 0 spiro atoms. The third kappa shape index (κ3) is 2.44. The van der Waals surface area contributed by atoms with E-state index in [4.69, 9.17) is 4.43 Å². The summed E-state index contributed by atoms with van der Waals surface area (Å²) in [6, 6.07) is 0. The van der Waals surface area contributed by atoms with Gasteiger partial charge in [0.2, 0.25) is 0 Å². The van der Waals surface area contributed by atoms with Gasteiger partial charge in [-0.05, 0) is 49.2 Å². The van der Waals surface area contributed by atoms with Crippen LogP contribution in [0.25, 0.3) is 0 Å². The average Bonchev–Trinajstić information content (AvgIpc) is 2.34. The highest BCUT2D eigenvalue weighted by atomic mass is 28.4. The molecule has 0 bridgehead atoms. The van der Waals surface area contributed by atoms with E-state index in [1.807, 2.05) is 0 Å². The highest BCUT2D eigenvalue weighted by molar-refractivity contribution is 6.74. The highest BCUT2D eigenvalue weighted by Gasteiger charge is 2.58. The van der Waals surface area contributed by atoms with Crippen LogP contribution in [0.2, 0.25) is 18.1 Å². The van der Waals surface area contributed by atoms with Gasteiger partial charge in [-0.1, -0.05) is 27.7 Å². The molecule has 2 aliphatic carbocycles. The van der Waals surface area contributed by atoms with Crippen LogP contribution in [-0.2, 0) is 9.22 Å². The summed E-state index contributed by atoms with van der Waals surface area (Å²) >= 11 is 0. The van der Waals surface area contributed by atoms with Crippen molar-refractivity contribution in [3.63, 3.8) is 0 Å². The van der Waals surface area contributed by atoms with E-state index in [-0.39, 0.29) is 10.5 Å². The standard InChI is InChI=1S/C16H30O2Si/c1-12-11-14(17)16(8-7-13(12)16)9-10-18-19(5,6)15(2,3)4/h12-13H,7-11H2,1-6H3/t12-,13?,16-/m0/s1. The van der Waals surface area contributed by atoms with E-state index < -0.39 is 8.32 Å². The number of fused-ring (bicyclic) bond motifs is 1. The third-order valence-electron chi connectivity index (χ3n) is 6.18.